The lowest BCUT2D eigenvalue weighted by Crippen LogP contribution is -2.36. The van der Waals surface area contributed by atoms with Gasteiger partial charge in [-0.25, -0.2) is 4.98 Å². The molecular formula is C18H23N3O3S. The zero-order chi connectivity index (χ0) is 17.6. The van der Waals surface area contributed by atoms with E-state index in [1.807, 2.05) is 18.2 Å². The molecule has 1 aromatic carbocycles. The van der Waals surface area contributed by atoms with Crippen molar-refractivity contribution in [2.24, 2.45) is 0 Å². The number of ether oxygens (including phenoxy) is 2. The van der Waals surface area contributed by atoms with Gasteiger partial charge in [-0.15, -0.1) is 11.3 Å². The van der Waals surface area contributed by atoms with Gasteiger partial charge in [0, 0.05) is 23.2 Å². The second-order valence-electron chi connectivity index (χ2n) is 6.04. The molecule has 2 N–H and O–H groups in total. The van der Waals surface area contributed by atoms with Crippen LogP contribution in [0.1, 0.15) is 42.6 Å². The minimum Gasteiger partial charge on any atom is -0.493 e. The van der Waals surface area contributed by atoms with Crippen molar-refractivity contribution in [1.82, 2.24) is 10.3 Å². The first kappa shape index (κ1) is 17.5. The quantitative estimate of drug-likeness (QED) is 0.815. The first-order valence-corrected chi connectivity index (χ1v) is 9.33. The predicted molar refractivity (Wildman–Crippen MR) is 99.3 cm³/mol. The minimum atomic E-state index is -0.0940. The summed E-state index contributed by atoms with van der Waals surface area (Å²) in [5, 5.41) is 8.73. The zero-order valence-electron chi connectivity index (χ0n) is 14.5. The Morgan fingerprint density at radius 3 is 2.64 bits per heavy atom. The van der Waals surface area contributed by atoms with E-state index in [9.17, 15) is 4.79 Å². The van der Waals surface area contributed by atoms with Crippen LogP contribution in [0.5, 0.6) is 11.5 Å². The maximum Gasteiger partial charge on any atom is 0.271 e. The van der Waals surface area contributed by atoms with E-state index >= 15 is 0 Å². The molecule has 1 fully saturated rings. The summed E-state index contributed by atoms with van der Waals surface area (Å²) in [6.07, 6.45) is 5.77. The van der Waals surface area contributed by atoms with Gasteiger partial charge in [-0.3, -0.25) is 4.79 Å². The number of anilines is 2. The molecule has 0 radical (unpaired) electrons. The summed E-state index contributed by atoms with van der Waals surface area (Å²) in [4.78, 5) is 16.7. The summed E-state index contributed by atoms with van der Waals surface area (Å²) in [6, 6.07) is 5.82. The molecule has 0 atom stereocenters. The van der Waals surface area contributed by atoms with Crippen molar-refractivity contribution in [2.45, 2.75) is 38.1 Å². The van der Waals surface area contributed by atoms with Crippen molar-refractivity contribution >= 4 is 28.1 Å². The third-order valence-corrected chi connectivity index (χ3v) is 5.07. The lowest BCUT2D eigenvalue weighted by molar-refractivity contribution is 0.0923. The third-order valence-electron chi connectivity index (χ3n) is 4.31. The van der Waals surface area contributed by atoms with Crippen LogP contribution in [0.4, 0.5) is 10.8 Å². The van der Waals surface area contributed by atoms with Gasteiger partial charge in [-0.05, 0) is 25.0 Å². The smallest absolute Gasteiger partial charge is 0.271 e. The molecule has 0 spiro atoms. The number of benzene rings is 1. The van der Waals surface area contributed by atoms with Crippen molar-refractivity contribution in [3.05, 3.63) is 29.3 Å². The van der Waals surface area contributed by atoms with Crippen LogP contribution >= 0.6 is 11.3 Å². The molecule has 25 heavy (non-hydrogen) atoms. The van der Waals surface area contributed by atoms with Gasteiger partial charge in [-0.2, -0.15) is 0 Å². The number of nitrogens with zero attached hydrogens (tertiary/aromatic N) is 1. The van der Waals surface area contributed by atoms with Gasteiger partial charge in [0.1, 0.15) is 5.69 Å². The van der Waals surface area contributed by atoms with Crippen molar-refractivity contribution < 1.29 is 14.3 Å². The molecule has 1 aromatic heterocycles. The highest BCUT2D eigenvalue weighted by atomic mass is 32.1. The molecule has 1 aliphatic rings. The fraction of sp³-hybridized carbons (Fsp3) is 0.444. The number of methoxy groups -OCH3 is 2. The molecule has 7 heteroatoms. The highest BCUT2D eigenvalue weighted by Gasteiger charge is 2.18. The number of nitrogens with one attached hydrogen (secondary N) is 2. The Balaban J connectivity index is 1.64. The highest BCUT2D eigenvalue weighted by Crippen LogP contribution is 2.31. The monoisotopic (exact) mass is 361 g/mol. The molecule has 6 nitrogen and oxygen atoms in total. The summed E-state index contributed by atoms with van der Waals surface area (Å²) >= 11 is 1.40. The number of amides is 1. The van der Waals surface area contributed by atoms with E-state index in [2.05, 4.69) is 15.6 Å². The highest BCUT2D eigenvalue weighted by molar-refractivity contribution is 7.14. The zero-order valence-corrected chi connectivity index (χ0v) is 15.3. The SMILES string of the molecule is COc1ccc(Nc2nc(C(=O)NC3CCCCC3)cs2)cc1OC. The largest absolute Gasteiger partial charge is 0.493 e. The van der Waals surface area contributed by atoms with Crippen molar-refractivity contribution in [2.75, 3.05) is 19.5 Å². The standard InChI is InChI=1S/C18H23N3O3S/c1-23-15-9-8-13(10-16(15)24-2)20-18-21-14(11-25-18)17(22)19-12-6-4-3-5-7-12/h8-12H,3-7H2,1-2H3,(H,19,22)(H,20,21). The summed E-state index contributed by atoms with van der Waals surface area (Å²) in [5.41, 5.74) is 1.28. The van der Waals surface area contributed by atoms with Gasteiger partial charge >= 0.3 is 0 Å². The number of hydrogen-bond donors (Lipinski definition) is 2. The molecule has 0 unspecified atom stereocenters. The molecule has 0 saturated heterocycles. The first-order valence-electron chi connectivity index (χ1n) is 8.45. The van der Waals surface area contributed by atoms with Crippen LogP contribution in [0.25, 0.3) is 0 Å². The van der Waals surface area contributed by atoms with Gasteiger partial charge in [0.25, 0.3) is 5.91 Å². The molecular weight excluding hydrogens is 338 g/mol. The molecule has 1 amide bonds. The number of rotatable bonds is 6. The molecule has 0 bridgehead atoms. The Morgan fingerprint density at radius 2 is 1.92 bits per heavy atom. The lowest BCUT2D eigenvalue weighted by atomic mass is 9.95. The van der Waals surface area contributed by atoms with Gasteiger partial charge in [-0.1, -0.05) is 19.3 Å². The molecule has 3 rings (SSSR count). The molecule has 2 aromatic rings. The minimum absolute atomic E-state index is 0.0940. The average molecular weight is 361 g/mol. The molecule has 134 valence electrons. The van der Waals surface area contributed by atoms with E-state index < -0.39 is 0 Å². The summed E-state index contributed by atoms with van der Waals surface area (Å²) in [6.45, 7) is 0. The molecule has 1 saturated carbocycles. The van der Waals surface area contributed by atoms with Gasteiger partial charge in [0.15, 0.2) is 16.6 Å². The Kier molecular flexibility index (Phi) is 5.75. The average Bonchev–Trinajstić information content (AvgIpc) is 3.11. The van der Waals surface area contributed by atoms with Crippen LogP contribution in [0.15, 0.2) is 23.6 Å². The van der Waals surface area contributed by atoms with Crippen molar-refractivity contribution in [3.8, 4) is 11.5 Å². The maximum atomic E-state index is 12.3. The van der Waals surface area contributed by atoms with E-state index in [0.29, 0.717) is 22.3 Å². The fourth-order valence-corrected chi connectivity index (χ4v) is 3.69. The summed E-state index contributed by atoms with van der Waals surface area (Å²) < 4.78 is 10.5. The molecule has 1 aliphatic carbocycles. The second-order valence-corrected chi connectivity index (χ2v) is 6.90. The number of carbonyl (C=O) groups is 1. The third kappa shape index (κ3) is 4.42. The molecule has 1 heterocycles. The van der Waals surface area contributed by atoms with Gasteiger partial charge < -0.3 is 20.1 Å². The van der Waals surface area contributed by atoms with Crippen LogP contribution in [0, 0.1) is 0 Å². The van der Waals surface area contributed by atoms with Gasteiger partial charge in [0.05, 0.1) is 14.2 Å². The fourth-order valence-electron chi connectivity index (χ4n) is 2.98. The molecule has 0 aliphatic heterocycles. The van der Waals surface area contributed by atoms with Crippen molar-refractivity contribution in [3.63, 3.8) is 0 Å². The van der Waals surface area contributed by atoms with E-state index in [-0.39, 0.29) is 11.9 Å². The normalized spacial score (nSPS) is 14.8. The first-order chi connectivity index (χ1) is 12.2. The Morgan fingerprint density at radius 1 is 1.16 bits per heavy atom. The Labute approximate surface area is 151 Å². The Bertz CT molecular complexity index is 726. The van der Waals surface area contributed by atoms with Gasteiger partial charge in [0.2, 0.25) is 0 Å². The lowest BCUT2D eigenvalue weighted by Gasteiger charge is -2.22. The van der Waals surface area contributed by atoms with Crippen molar-refractivity contribution in [1.29, 1.82) is 0 Å². The van der Waals surface area contributed by atoms with E-state index in [4.69, 9.17) is 9.47 Å². The van der Waals surface area contributed by atoms with Crippen LogP contribution in [-0.2, 0) is 0 Å². The van der Waals surface area contributed by atoms with E-state index in [1.54, 1.807) is 19.6 Å². The summed E-state index contributed by atoms with van der Waals surface area (Å²) in [7, 11) is 3.20. The second kappa shape index (κ2) is 8.20. The number of carbonyl (C=O) groups excluding carboxylic acids is 1. The van der Waals surface area contributed by atoms with Crippen LogP contribution in [0.2, 0.25) is 0 Å². The number of hydrogen-bond acceptors (Lipinski definition) is 6. The van der Waals surface area contributed by atoms with Crippen LogP contribution < -0.4 is 20.1 Å². The number of aromatic nitrogens is 1. The Hall–Kier alpha value is -2.28. The van der Waals surface area contributed by atoms with E-state index in [0.717, 1.165) is 18.5 Å². The number of thiazole rings is 1. The summed E-state index contributed by atoms with van der Waals surface area (Å²) in [5.74, 6) is 1.21. The van der Waals surface area contributed by atoms with Crippen LogP contribution in [-0.4, -0.2) is 31.2 Å². The maximum absolute atomic E-state index is 12.3. The topological polar surface area (TPSA) is 72.5 Å². The van der Waals surface area contributed by atoms with E-state index in [1.165, 1.54) is 30.6 Å². The predicted octanol–water partition coefficient (Wildman–Crippen LogP) is 3.97. The van der Waals surface area contributed by atoms with Crippen LogP contribution in [0.3, 0.4) is 0 Å².